The Morgan fingerprint density at radius 1 is 0.344 bits per heavy atom. The van der Waals surface area contributed by atoms with Gasteiger partial charge in [0, 0.05) is 56.3 Å². The molecule has 7 aromatic rings. The average Bonchev–Trinajstić information content (AvgIpc) is 3.78. The molecule has 6 aromatic carbocycles. The highest BCUT2D eigenvalue weighted by Crippen LogP contribution is 2.52. The van der Waals surface area contributed by atoms with Crippen molar-refractivity contribution in [3.63, 3.8) is 0 Å². The Labute approximate surface area is 370 Å². The molecule has 314 valence electrons. The van der Waals surface area contributed by atoms with Crippen molar-refractivity contribution in [2.24, 2.45) is 0 Å². The van der Waals surface area contributed by atoms with E-state index in [9.17, 15) is 25.9 Å². The zero-order valence-corrected chi connectivity index (χ0v) is 36.0. The van der Waals surface area contributed by atoms with Gasteiger partial charge in [-0.3, -0.25) is 23.7 Å². The average molecular weight is 880 g/mol. The number of aryl methyl sites for hydroxylation is 2. The number of hydrogen-bond acceptors (Lipinski definition) is 7. The van der Waals surface area contributed by atoms with Gasteiger partial charge in [0.1, 0.15) is 0 Å². The van der Waals surface area contributed by atoms with Crippen LogP contribution in [-0.4, -0.2) is 42.5 Å². The van der Waals surface area contributed by atoms with E-state index < -0.39 is 20.2 Å². The van der Waals surface area contributed by atoms with E-state index in [0.717, 1.165) is 22.3 Å². The van der Waals surface area contributed by atoms with Gasteiger partial charge in [-0.25, -0.2) is 0 Å². The van der Waals surface area contributed by atoms with E-state index in [4.69, 9.17) is 4.98 Å². The summed E-state index contributed by atoms with van der Waals surface area (Å²) in [4.78, 5) is 34.5. The van der Waals surface area contributed by atoms with Crippen molar-refractivity contribution in [1.29, 1.82) is 0 Å². The van der Waals surface area contributed by atoms with Gasteiger partial charge in [-0.05, 0) is 77.6 Å². The van der Waals surface area contributed by atoms with Gasteiger partial charge in [0.15, 0.2) is 11.6 Å². The lowest BCUT2D eigenvalue weighted by Gasteiger charge is -2.16. The molecule has 0 amide bonds. The molecule has 2 N–H and O–H groups in total. The van der Waals surface area contributed by atoms with Crippen LogP contribution in [0.2, 0.25) is 0 Å². The summed E-state index contributed by atoms with van der Waals surface area (Å²) in [6.45, 7) is 3.92. The first-order valence-electron chi connectivity index (χ1n) is 20.1. The molecule has 0 radical (unpaired) electrons. The van der Waals surface area contributed by atoms with Gasteiger partial charge < -0.3 is 0 Å². The molecule has 0 atom stereocenters. The van der Waals surface area contributed by atoms with E-state index in [1.165, 1.54) is 48.5 Å². The monoisotopic (exact) mass is 879 g/mol. The largest absolute Gasteiger partial charge is 0.294 e. The van der Waals surface area contributed by atoms with E-state index in [-0.39, 0.29) is 26.9 Å². The van der Waals surface area contributed by atoms with Gasteiger partial charge in [-0.2, -0.15) is 16.8 Å². The summed E-state index contributed by atoms with van der Waals surface area (Å²) in [6, 6.07) is 48.8. The van der Waals surface area contributed by atoms with Crippen LogP contribution in [0.1, 0.15) is 55.8 Å². The zero-order chi connectivity index (χ0) is 44.9. The third-order valence-corrected chi connectivity index (χ3v) is 13.1. The van der Waals surface area contributed by atoms with Crippen molar-refractivity contribution in [2.75, 3.05) is 0 Å². The summed E-state index contributed by atoms with van der Waals surface area (Å²) in [7, 11) is -9.03. The Bertz CT molecular complexity index is 3390. The zero-order valence-electron chi connectivity index (χ0n) is 34.4. The molecule has 0 saturated carbocycles. The highest BCUT2D eigenvalue weighted by Gasteiger charge is 2.38. The van der Waals surface area contributed by atoms with Crippen LogP contribution in [0, 0.1) is 13.8 Å². The normalized spacial score (nSPS) is 14.6. The fourth-order valence-electron chi connectivity index (χ4n) is 8.35. The molecular weight excluding hydrogens is 843 g/mol. The van der Waals surface area contributed by atoms with Crippen LogP contribution in [0.3, 0.4) is 0 Å². The summed E-state index contributed by atoms with van der Waals surface area (Å²) >= 11 is 0. The number of nitrogens with zero attached hydrogens (tertiary/aromatic N) is 1. The smallest absolute Gasteiger partial charge is 0.289 e. The van der Waals surface area contributed by atoms with Gasteiger partial charge in [0.25, 0.3) is 20.2 Å². The minimum Gasteiger partial charge on any atom is -0.289 e. The number of carbonyl (C=O) groups is 2. The molecule has 2 aliphatic carbocycles. The van der Waals surface area contributed by atoms with Crippen LogP contribution < -0.4 is 0 Å². The first kappa shape index (κ1) is 41.9. The Morgan fingerprint density at radius 3 is 0.984 bits per heavy atom. The second-order valence-electron chi connectivity index (χ2n) is 15.6. The molecule has 9 rings (SSSR count). The molecule has 1 heterocycles. The highest BCUT2D eigenvalue weighted by atomic mass is 32.2. The van der Waals surface area contributed by atoms with Crippen molar-refractivity contribution in [3.8, 4) is 0 Å². The Balaban J connectivity index is 1.30. The van der Waals surface area contributed by atoms with E-state index in [2.05, 4.69) is 0 Å². The fraction of sp³-hybridized carbons (Fsp3) is 0.0377. The third kappa shape index (κ3) is 7.71. The molecule has 1 aromatic heterocycles. The number of hydrogen-bond donors (Lipinski definition) is 2. The highest BCUT2D eigenvalue weighted by molar-refractivity contribution is 7.86. The molecule has 0 aliphatic heterocycles. The number of benzene rings is 6. The summed E-state index contributed by atoms with van der Waals surface area (Å²) < 4.78 is 67.7. The molecule has 0 saturated heterocycles. The lowest BCUT2D eigenvalue weighted by atomic mass is 9.88. The number of ketones is 2. The second-order valence-corrected chi connectivity index (χ2v) is 18.4. The Kier molecular flexibility index (Phi) is 10.7. The number of allylic oxidation sites excluding steroid dienone is 8. The quantitative estimate of drug-likeness (QED) is 0.128. The summed E-state index contributed by atoms with van der Waals surface area (Å²) in [5.41, 5.74) is 10.5. The molecule has 0 spiro atoms. The van der Waals surface area contributed by atoms with Crippen molar-refractivity contribution in [3.05, 3.63) is 232 Å². The van der Waals surface area contributed by atoms with Gasteiger partial charge in [-0.15, -0.1) is 0 Å². The van der Waals surface area contributed by atoms with E-state index in [1.807, 2.05) is 129 Å². The van der Waals surface area contributed by atoms with Crippen LogP contribution in [-0.2, 0) is 29.8 Å². The molecule has 0 unspecified atom stereocenters. The van der Waals surface area contributed by atoms with Gasteiger partial charge in [0.2, 0.25) is 0 Å². The predicted molar refractivity (Wildman–Crippen MR) is 249 cm³/mol. The van der Waals surface area contributed by atoms with E-state index in [1.54, 1.807) is 12.3 Å². The van der Waals surface area contributed by atoms with Crippen molar-refractivity contribution in [2.45, 2.75) is 23.6 Å². The van der Waals surface area contributed by atoms with E-state index in [0.29, 0.717) is 72.5 Å². The molecule has 9 nitrogen and oxygen atoms in total. The molecule has 0 fully saturated rings. The predicted octanol–water partition coefficient (Wildman–Crippen LogP) is 10.4. The lowest BCUT2D eigenvalue weighted by Crippen LogP contribution is -2.03. The molecule has 0 bridgehead atoms. The fourth-order valence-corrected chi connectivity index (χ4v) is 9.31. The number of pyridine rings is 1. The number of rotatable bonds is 10. The standard InChI is InChI=1S/C53H37NO8S2/c1-32-13-17-36(18-14-32)48-45(35-11-7-4-8-12-35)51(50(53(48)56)39-23-28-42(29-24-39)64(60,61)62)43-30-25-40(31-54-43)46-44(34-9-5-3-6-10-34)47(38-21-26-41(27-22-38)63(57,58)59)52(55)49(46)37-19-15-33(2)16-20-37/h3-31H,1-2H3,(H,57,58,59)(H,60,61,62). The number of carbonyl (C=O) groups excluding carboxylic acids is 2. The number of aromatic nitrogens is 1. The SMILES string of the molecule is Cc1ccc(C2=C(c3ccc(C4=C(c5ccc(S(=O)(=O)O)cc5)C(=O)C(c5ccc(C)cc5)=C4c4ccccc4)nc3)C(c3ccccc3)=C(c3ccc(S(=O)(=O)O)cc3)C2=O)cc1. The Hall–Kier alpha value is -7.41. The minimum atomic E-state index is -4.52. The first-order valence-corrected chi connectivity index (χ1v) is 23.0. The van der Waals surface area contributed by atoms with Gasteiger partial charge >= 0.3 is 0 Å². The summed E-state index contributed by atoms with van der Waals surface area (Å²) in [5, 5.41) is 0. The third-order valence-electron chi connectivity index (χ3n) is 11.4. The first-order chi connectivity index (χ1) is 30.7. The van der Waals surface area contributed by atoms with Crippen LogP contribution in [0.4, 0.5) is 0 Å². The van der Waals surface area contributed by atoms with Gasteiger partial charge in [0.05, 0.1) is 15.5 Å². The Morgan fingerprint density at radius 2 is 0.641 bits per heavy atom. The van der Waals surface area contributed by atoms with Crippen molar-refractivity contribution in [1.82, 2.24) is 4.98 Å². The van der Waals surface area contributed by atoms with Crippen molar-refractivity contribution >= 4 is 76.4 Å². The minimum absolute atomic E-state index is 0.285. The molecular formula is C53H37NO8S2. The number of Topliss-reactive ketones (excluding diaryl/α,β-unsaturated/α-hetero) is 2. The second kappa shape index (κ2) is 16.4. The van der Waals surface area contributed by atoms with Crippen LogP contribution >= 0.6 is 0 Å². The van der Waals surface area contributed by atoms with Gasteiger partial charge in [-0.1, -0.05) is 151 Å². The summed E-state index contributed by atoms with van der Waals surface area (Å²) in [6.07, 6.45) is 1.67. The molecule has 2 aliphatic rings. The van der Waals surface area contributed by atoms with Crippen LogP contribution in [0.15, 0.2) is 186 Å². The summed E-state index contributed by atoms with van der Waals surface area (Å²) in [5.74, 6) is -0.592. The van der Waals surface area contributed by atoms with Crippen molar-refractivity contribution < 1.29 is 35.5 Å². The maximum Gasteiger partial charge on any atom is 0.294 e. The maximum atomic E-state index is 15.0. The maximum absolute atomic E-state index is 15.0. The lowest BCUT2D eigenvalue weighted by molar-refractivity contribution is -0.109. The molecule has 64 heavy (non-hydrogen) atoms. The van der Waals surface area contributed by atoms with Crippen LogP contribution in [0.25, 0.3) is 44.6 Å². The van der Waals surface area contributed by atoms with E-state index >= 15 is 9.59 Å². The van der Waals surface area contributed by atoms with Crippen LogP contribution in [0.5, 0.6) is 0 Å². The molecule has 11 heteroatoms. The topological polar surface area (TPSA) is 156 Å².